The lowest BCUT2D eigenvalue weighted by Gasteiger charge is -2.34. The van der Waals surface area contributed by atoms with Gasteiger partial charge in [0.05, 0.1) is 4.88 Å². The number of aromatic nitrogens is 2. The Morgan fingerprint density at radius 2 is 1.75 bits per heavy atom. The number of H-pyrrole nitrogens is 1. The molecule has 1 N–H and O–H groups in total. The fourth-order valence-electron chi connectivity index (χ4n) is 2.72. The number of carbonyl (C=O) groups is 2. The van der Waals surface area contributed by atoms with Crippen LogP contribution in [0.4, 0.5) is 0 Å². The molecule has 0 aliphatic carbocycles. The third kappa shape index (κ3) is 3.36. The van der Waals surface area contributed by atoms with Gasteiger partial charge in [0.1, 0.15) is 5.69 Å². The lowest BCUT2D eigenvalue weighted by molar-refractivity contribution is 0.0535. The molecule has 2 amide bonds. The van der Waals surface area contributed by atoms with Crippen LogP contribution in [0.15, 0.2) is 18.2 Å². The van der Waals surface area contributed by atoms with E-state index >= 15 is 0 Å². The Kier molecular flexibility index (Phi) is 4.71. The van der Waals surface area contributed by atoms with Crippen molar-refractivity contribution in [2.75, 3.05) is 26.2 Å². The molecule has 1 aliphatic rings. The summed E-state index contributed by atoms with van der Waals surface area (Å²) in [5.41, 5.74) is 1.41. The zero-order chi connectivity index (χ0) is 17.3. The van der Waals surface area contributed by atoms with Crippen LogP contribution in [0, 0.1) is 6.92 Å². The molecule has 6 nitrogen and oxygen atoms in total. The highest BCUT2D eigenvalue weighted by atomic mass is 32.1. The molecule has 24 heavy (non-hydrogen) atoms. The lowest BCUT2D eigenvalue weighted by Crippen LogP contribution is -2.50. The molecule has 0 unspecified atom stereocenters. The highest BCUT2D eigenvalue weighted by Gasteiger charge is 2.27. The quantitative estimate of drug-likeness (QED) is 0.928. The minimum absolute atomic E-state index is 0.0575. The van der Waals surface area contributed by atoms with E-state index in [4.69, 9.17) is 0 Å². The Balaban J connectivity index is 1.60. The second-order valence-corrected chi connectivity index (χ2v) is 7.65. The molecule has 128 valence electrons. The average molecular weight is 346 g/mol. The third-order valence-electron chi connectivity index (χ3n) is 4.24. The molecular formula is C17H22N4O2S. The molecule has 7 heteroatoms. The van der Waals surface area contributed by atoms with E-state index in [2.05, 4.69) is 24.0 Å². The van der Waals surface area contributed by atoms with E-state index in [0.717, 1.165) is 15.4 Å². The van der Waals surface area contributed by atoms with Crippen molar-refractivity contribution >= 4 is 23.2 Å². The topological polar surface area (TPSA) is 69.3 Å². The van der Waals surface area contributed by atoms with E-state index < -0.39 is 0 Å². The molecule has 0 spiro atoms. The summed E-state index contributed by atoms with van der Waals surface area (Å²) < 4.78 is 0. The minimum Gasteiger partial charge on any atom is -0.334 e. The van der Waals surface area contributed by atoms with E-state index in [1.165, 1.54) is 11.3 Å². The Bertz CT molecular complexity index is 741. The summed E-state index contributed by atoms with van der Waals surface area (Å²) in [7, 11) is 0. The van der Waals surface area contributed by atoms with Crippen LogP contribution >= 0.6 is 11.3 Å². The van der Waals surface area contributed by atoms with Crippen molar-refractivity contribution in [1.29, 1.82) is 0 Å². The summed E-state index contributed by atoms with van der Waals surface area (Å²) in [4.78, 5) is 30.5. The number of amides is 2. The van der Waals surface area contributed by atoms with Crippen LogP contribution < -0.4 is 0 Å². The van der Waals surface area contributed by atoms with Crippen LogP contribution in [0.2, 0.25) is 0 Å². The van der Waals surface area contributed by atoms with Crippen molar-refractivity contribution in [3.05, 3.63) is 39.3 Å². The molecule has 0 atom stereocenters. The molecule has 3 heterocycles. The second kappa shape index (κ2) is 6.76. The number of piperazine rings is 1. The number of aromatic amines is 1. The molecule has 0 saturated carbocycles. The first-order valence-corrected chi connectivity index (χ1v) is 8.97. The Morgan fingerprint density at radius 3 is 2.25 bits per heavy atom. The first-order chi connectivity index (χ1) is 11.5. The number of aryl methyl sites for hydroxylation is 1. The molecular weight excluding hydrogens is 324 g/mol. The zero-order valence-electron chi connectivity index (χ0n) is 14.2. The van der Waals surface area contributed by atoms with Crippen LogP contribution in [0.5, 0.6) is 0 Å². The summed E-state index contributed by atoms with van der Waals surface area (Å²) in [5.74, 6) is 0.294. The van der Waals surface area contributed by atoms with Crippen LogP contribution in [-0.2, 0) is 0 Å². The Hall–Kier alpha value is -2.15. The number of rotatable bonds is 3. The van der Waals surface area contributed by atoms with Gasteiger partial charge in [-0.3, -0.25) is 14.7 Å². The summed E-state index contributed by atoms with van der Waals surface area (Å²) in [6, 6.07) is 5.65. The minimum atomic E-state index is -0.0720. The van der Waals surface area contributed by atoms with Gasteiger partial charge in [0, 0.05) is 36.8 Å². The monoisotopic (exact) mass is 346 g/mol. The van der Waals surface area contributed by atoms with Crippen molar-refractivity contribution in [2.24, 2.45) is 0 Å². The van der Waals surface area contributed by atoms with E-state index in [1.807, 2.05) is 30.0 Å². The van der Waals surface area contributed by atoms with Crippen molar-refractivity contribution in [2.45, 2.75) is 26.7 Å². The summed E-state index contributed by atoms with van der Waals surface area (Å²) in [5, 5.41) is 7.04. The zero-order valence-corrected chi connectivity index (χ0v) is 15.0. The van der Waals surface area contributed by atoms with Crippen molar-refractivity contribution in [3.63, 3.8) is 0 Å². The number of carbonyl (C=O) groups excluding carboxylic acids is 2. The highest BCUT2D eigenvalue weighted by molar-refractivity contribution is 7.13. The van der Waals surface area contributed by atoms with Gasteiger partial charge in [-0.2, -0.15) is 5.10 Å². The fourth-order valence-corrected chi connectivity index (χ4v) is 3.56. The van der Waals surface area contributed by atoms with Crippen molar-refractivity contribution in [1.82, 2.24) is 20.0 Å². The van der Waals surface area contributed by atoms with Crippen LogP contribution in [0.25, 0.3) is 0 Å². The predicted octanol–water partition coefficient (Wildman–Crippen LogP) is 2.50. The smallest absolute Gasteiger partial charge is 0.274 e. The van der Waals surface area contributed by atoms with Crippen LogP contribution in [-0.4, -0.2) is 58.0 Å². The van der Waals surface area contributed by atoms with Gasteiger partial charge in [-0.15, -0.1) is 11.3 Å². The van der Waals surface area contributed by atoms with Crippen LogP contribution in [0.1, 0.15) is 50.5 Å². The van der Waals surface area contributed by atoms with E-state index in [0.29, 0.717) is 37.8 Å². The average Bonchev–Trinajstić information content (AvgIpc) is 3.23. The highest BCUT2D eigenvalue weighted by Crippen LogP contribution is 2.19. The van der Waals surface area contributed by atoms with Gasteiger partial charge in [0.2, 0.25) is 0 Å². The largest absolute Gasteiger partial charge is 0.334 e. The molecule has 0 radical (unpaired) electrons. The summed E-state index contributed by atoms with van der Waals surface area (Å²) in [6.07, 6.45) is 0. The van der Waals surface area contributed by atoms with Gasteiger partial charge >= 0.3 is 0 Å². The maximum absolute atomic E-state index is 12.5. The second-order valence-electron chi connectivity index (χ2n) is 6.36. The number of nitrogens with zero attached hydrogens (tertiary/aromatic N) is 3. The fraction of sp³-hybridized carbons (Fsp3) is 0.471. The lowest BCUT2D eigenvalue weighted by atomic mass is 10.1. The van der Waals surface area contributed by atoms with Gasteiger partial charge in [0.15, 0.2) is 0 Å². The van der Waals surface area contributed by atoms with Gasteiger partial charge in [0.25, 0.3) is 11.8 Å². The molecule has 1 saturated heterocycles. The SMILES string of the molecule is Cc1ccc(C(=O)N2CCN(C(=O)c3cc(C(C)C)[nH]n3)CC2)s1. The number of hydrogen-bond acceptors (Lipinski definition) is 4. The molecule has 0 bridgehead atoms. The molecule has 2 aromatic heterocycles. The summed E-state index contributed by atoms with van der Waals surface area (Å²) >= 11 is 1.51. The predicted molar refractivity (Wildman–Crippen MR) is 93.5 cm³/mol. The van der Waals surface area contributed by atoms with Crippen molar-refractivity contribution in [3.8, 4) is 0 Å². The maximum atomic E-state index is 12.5. The normalized spacial score (nSPS) is 15.2. The van der Waals surface area contributed by atoms with E-state index in [1.54, 1.807) is 4.90 Å². The molecule has 3 rings (SSSR count). The van der Waals surface area contributed by atoms with E-state index in [-0.39, 0.29) is 11.8 Å². The van der Waals surface area contributed by atoms with Gasteiger partial charge in [-0.1, -0.05) is 13.8 Å². The number of nitrogens with one attached hydrogen (secondary N) is 1. The first-order valence-electron chi connectivity index (χ1n) is 8.16. The number of hydrogen-bond donors (Lipinski definition) is 1. The Labute approximate surface area is 145 Å². The number of thiophene rings is 1. The maximum Gasteiger partial charge on any atom is 0.274 e. The van der Waals surface area contributed by atoms with Crippen LogP contribution in [0.3, 0.4) is 0 Å². The molecule has 2 aromatic rings. The van der Waals surface area contributed by atoms with Gasteiger partial charge in [-0.05, 0) is 31.0 Å². The third-order valence-corrected chi connectivity index (χ3v) is 5.23. The first kappa shape index (κ1) is 16.7. The van der Waals surface area contributed by atoms with Gasteiger partial charge in [-0.25, -0.2) is 0 Å². The summed E-state index contributed by atoms with van der Waals surface area (Å²) in [6.45, 7) is 8.30. The van der Waals surface area contributed by atoms with Gasteiger partial charge < -0.3 is 9.80 Å². The molecule has 1 aliphatic heterocycles. The van der Waals surface area contributed by atoms with Crippen molar-refractivity contribution < 1.29 is 9.59 Å². The Morgan fingerprint density at radius 1 is 1.12 bits per heavy atom. The molecule has 0 aromatic carbocycles. The van der Waals surface area contributed by atoms with E-state index in [9.17, 15) is 9.59 Å². The standard InChI is InChI=1S/C17H22N4O2S/c1-11(2)13-10-14(19-18-13)16(22)20-6-8-21(9-7-20)17(23)15-5-4-12(3)24-15/h4-5,10-11H,6-9H2,1-3H3,(H,18,19). The molecule has 1 fully saturated rings.